The fraction of sp³-hybridized carbons (Fsp3) is 0.889. The van der Waals surface area contributed by atoms with Crippen molar-refractivity contribution in [2.45, 2.75) is 53.0 Å². The van der Waals surface area contributed by atoms with Gasteiger partial charge in [0.25, 0.3) is 0 Å². The molecule has 0 bridgehead atoms. The van der Waals surface area contributed by atoms with E-state index in [-0.39, 0.29) is 17.9 Å². The topological polar surface area (TPSA) is 52.7 Å². The summed E-state index contributed by atoms with van der Waals surface area (Å²) in [5.41, 5.74) is -0.435. The van der Waals surface area contributed by atoms with Gasteiger partial charge in [-0.1, -0.05) is 27.7 Å². The number of hydrogen-bond donors (Lipinski definition) is 1. The molecule has 2 aliphatic rings. The monoisotopic (exact) mass is 355 g/mol. The van der Waals surface area contributed by atoms with E-state index in [1.54, 1.807) is 16.7 Å². The molecule has 24 heavy (non-hydrogen) atoms. The lowest BCUT2D eigenvalue weighted by Gasteiger charge is -2.32. The second-order valence-electron chi connectivity index (χ2n) is 8.07. The van der Waals surface area contributed by atoms with E-state index in [9.17, 15) is 9.59 Å². The van der Waals surface area contributed by atoms with Gasteiger partial charge in [-0.15, -0.1) is 11.8 Å². The van der Waals surface area contributed by atoms with Gasteiger partial charge in [0.2, 0.25) is 11.8 Å². The highest BCUT2D eigenvalue weighted by Crippen LogP contribution is 2.27. The highest BCUT2D eigenvalue weighted by Gasteiger charge is 2.39. The Labute approximate surface area is 150 Å². The summed E-state index contributed by atoms with van der Waals surface area (Å²) in [5, 5.41) is 3.11. The molecule has 1 unspecified atom stereocenters. The molecule has 0 saturated carbocycles. The first-order valence-corrected chi connectivity index (χ1v) is 10.4. The van der Waals surface area contributed by atoms with Crippen LogP contribution >= 0.6 is 11.8 Å². The second kappa shape index (κ2) is 8.56. The fourth-order valence-corrected chi connectivity index (χ4v) is 4.54. The number of hydrogen-bond acceptors (Lipinski definition) is 4. The zero-order chi connectivity index (χ0) is 17.7. The van der Waals surface area contributed by atoms with E-state index in [1.807, 2.05) is 20.8 Å². The van der Waals surface area contributed by atoms with Crippen LogP contribution in [-0.4, -0.2) is 65.5 Å². The van der Waals surface area contributed by atoms with E-state index in [0.29, 0.717) is 17.5 Å². The van der Waals surface area contributed by atoms with Crippen molar-refractivity contribution in [3.05, 3.63) is 0 Å². The Kier molecular flexibility index (Phi) is 6.99. The number of rotatable bonds is 5. The molecule has 1 atom stereocenters. The Bertz CT molecular complexity index is 442. The van der Waals surface area contributed by atoms with Crippen LogP contribution in [0.2, 0.25) is 0 Å². The standard InChI is InChI=1S/C18H33N3O2S/c1-5-8-20-9-6-14(7-10-20)11-19-16(22)15-12-24-13-21(15)17(23)18(2,3)4/h14-15H,5-13H2,1-4H3,(H,19,22). The van der Waals surface area contributed by atoms with E-state index in [1.165, 1.54) is 13.0 Å². The van der Waals surface area contributed by atoms with Crippen LogP contribution in [0.4, 0.5) is 0 Å². The molecule has 2 fully saturated rings. The first kappa shape index (κ1) is 19.6. The summed E-state index contributed by atoms with van der Waals surface area (Å²) < 4.78 is 0. The maximum absolute atomic E-state index is 12.6. The molecule has 0 aromatic rings. The van der Waals surface area contributed by atoms with E-state index in [2.05, 4.69) is 17.1 Å². The number of amides is 2. The van der Waals surface area contributed by atoms with Crippen molar-refractivity contribution in [2.24, 2.45) is 11.3 Å². The number of carbonyl (C=O) groups excluding carboxylic acids is 2. The van der Waals surface area contributed by atoms with Crippen LogP contribution in [0.5, 0.6) is 0 Å². The van der Waals surface area contributed by atoms with Gasteiger partial charge < -0.3 is 15.1 Å². The predicted molar refractivity (Wildman–Crippen MR) is 99.9 cm³/mol. The largest absolute Gasteiger partial charge is 0.354 e. The number of nitrogens with one attached hydrogen (secondary N) is 1. The maximum Gasteiger partial charge on any atom is 0.243 e. The third-order valence-electron chi connectivity index (χ3n) is 4.90. The minimum Gasteiger partial charge on any atom is -0.354 e. The molecular formula is C18H33N3O2S. The lowest BCUT2D eigenvalue weighted by Crippen LogP contribution is -2.51. The molecule has 0 spiro atoms. The van der Waals surface area contributed by atoms with Gasteiger partial charge >= 0.3 is 0 Å². The minimum atomic E-state index is -0.435. The molecule has 0 radical (unpaired) electrons. The third-order valence-corrected chi connectivity index (χ3v) is 5.91. The smallest absolute Gasteiger partial charge is 0.243 e. The van der Waals surface area contributed by atoms with Gasteiger partial charge in [-0.3, -0.25) is 9.59 Å². The molecule has 2 aliphatic heterocycles. The SMILES string of the molecule is CCCN1CCC(CNC(=O)C2CSCN2C(=O)C(C)(C)C)CC1. The Hall–Kier alpha value is -0.750. The van der Waals surface area contributed by atoms with E-state index >= 15 is 0 Å². The molecule has 1 N–H and O–H groups in total. The highest BCUT2D eigenvalue weighted by molar-refractivity contribution is 7.99. The number of thioether (sulfide) groups is 1. The molecule has 6 heteroatoms. The summed E-state index contributed by atoms with van der Waals surface area (Å²) >= 11 is 1.67. The van der Waals surface area contributed by atoms with Crippen LogP contribution in [0.15, 0.2) is 0 Å². The average Bonchev–Trinajstić information content (AvgIpc) is 3.02. The van der Waals surface area contributed by atoms with Crippen LogP contribution < -0.4 is 5.32 Å². The van der Waals surface area contributed by atoms with Crippen molar-refractivity contribution < 1.29 is 9.59 Å². The van der Waals surface area contributed by atoms with E-state index < -0.39 is 5.41 Å². The number of likely N-dealkylation sites (tertiary alicyclic amines) is 1. The van der Waals surface area contributed by atoms with Crippen molar-refractivity contribution in [3.63, 3.8) is 0 Å². The normalized spacial score (nSPS) is 23.5. The predicted octanol–water partition coefficient (Wildman–Crippen LogP) is 2.17. The third kappa shape index (κ3) is 5.12. The molecule has 5 nitrogen and oxygen atoms in total. The molecule has 2 heterocycles. The quantitative estimate of drug-likeness (QED) is 0.821. The molecule has 0 aliphatic carbocycles. The second-order valence-corrected chi connectivity index (χ2v) is 9.07. The van der Waals surface area contributed by atoms with Crippen molar-refractivity contribution in [1.82, 2.24) is 15.1 Å². The van der Waals surface area contributed by atoms with Gasteiger partial charge in [0.1, 0.15) is 6.04 Å². The number of nitrogens with zero attached hydrogens (tertiary/aromatic N) is 2. The summed E-state index contributed by atoms with van der Waals surface area (Å²) in [6.45, 7) is 12.2. The van der Waals surface area contributed by atoms with Crippen molar-refractivity contribution in [3.8, 4) is 0 Å². The lowest BCUT2D eigenvalue weighted by molar-refractivity contribution is -0.144. The molecule has 2 amide bonds. The van der Waals surface area contributed by atoms with Crippen molar-refractivity contribution in [2.75, 3.05) is 37.8 Å². The Morgan fingerprint density at radius 2 is 1.88 bits per heavy atom. The summed E-state index contributed by atoms with van der Waals surface area (Å²) in [5.74, 6) is 2.00. The van der Waals surface area contributed by atoms with Gasteiger partial charge in [-0.05, 0) is 44.8 Å². The number of carbonyl (C=O) groups is 2. The van der Waals surface area contributed by atoms with Gasteiger partial charge in [0, 0.05) is 17.7 Å². The Morgan fingerprint density at radius 1 is 1.21 bits per heavy atom. The molecule has 138 valence electrons. The molecule has 0 aromatic heterocycles. The van der Waals surface area contributed by atoms with Gasteiger partial charge in [-0.25, -0.2) is 0 Å². The molecule has 2 saturated heterocycles. The summed E-state index contributed by atoms with van der Waals surface area (Å²) in [6, 6.07) is -0.304. The zero-order valence-electron chi connectivity index (χ0n) is 15.6. The van der Waals surface area contributed by atoms with Crippen molar-refractivity contribution in [1.29, 1.82) is 0 Å². The fourth-order valence-electron chi connectivity index (χ4n) is 3.38. The maximum atomic E-state index is 12.6. The minimum absolute atomic E-state index is 0.0218. The lowest BCUT2D eigenvalue weighted by atomic mass is 9.94. The van der Waals surface area contributed by atoms with Crippen LogP contribution in [0.3, 0.4) is 0 Å². The van der Waals surface area contributed by atoms with E-state index in [0.717, 1.165) is 32.5 Å². The number of piperidine rings is 1. The van der Waals surface area contributed by atoms with Gasteiger partial charge in [-0.2, -0.15) is 0 Å². The van der Waals surface area contributed by atoms with E-state index in [4.69, 9.17) is 0 Å². The zero-order valence-corrected chi connectivity index (χ0v) is 16.5. The first-order valence-electron chi connectivity index (χ1n) is 9.21. The Balaban J connectivity index is 1.79. The first-order chi connectivity index (χ1) is 11.3. The average molecular weight is 356 g/mol. The molecular weight excluding hydrogens is 322 g/mol. The Morgan fingerprint density at radius 3 is 2.46 bits per heavy atom. The van der Waals surface area contributed by atoms with Gasteiger partial charge in [0.15, 0.2) is 0 Å². The molecule has 0 aromatic carbocycles. The van der Waals surface area contributed by atoms with Gasteiger partial charge in [0.05, 0.1) is 5.88 Å². The summed E-state index contributed by atoms with van der Waals surface area (Å²) in [6.07, 6.45) is 3.52. The van der Waals surface area contributed by atoms with Crippen molar-refractivity contribution >= 4 is 23.6 Å². The molecule has 2 rings (SSSR count). The summed E-state index contributed by atoms with van der Waals surface area (Å²) in [7, 11) is 0. The van der Waals surface area contributed by atoms with Crippen LogP contribution in [0.1, 0.15) is 47.0 Å². The van der Waals surface area contributed by atoms with Crippen LogP contribution in [0.25, 0.3) is 0 Å². The van der Waals surface area contributed by atoms with Crippen LogP contribution in [-0.2, 0) is 9.59 Å². The highest BCUT2D eigenvalue weighted by atomic mass is 32.2. The summed E-state index contributed by atoms with van der Waals surface area (Å²) in [4.78, 5) is 29.3. The van der Waals surface area contributed by atoms with Crippen LogP contribution in [0, 0.1) is 11.3 Å².